The molecule has 0 bridgehead atoms. The summed E-state index contributed by atoms with van der Waals surface area (Å²) in [5.74, 6) is 0.699. The second-order valence-corrected chi connectivity index (χ2v) is 2.77. The predicted octanol–water partition coefficient (Wildman–Crippen LogP) is 1.25. The topological polar surface area (TPSA) is 35.8 Å². The van der Waals surface area contributed by atoms with Gasteiger partial charge in [-0.3, -0.25) is 0 Å². The van der Waals surface area contributed by atoms with E-state index in [2.05, 4.69) is 12.2 Å². The van der Waals surface area contributed by atoms with E-state index >= 15 is 0 Å². The minimum atomic E-state index is 0.468. The molecule has 50 valence electrons. The fourth-order valence-corrected chi connectivity index (χ4v) is 1.44. The Morgan fingerprint density at radius 1 is 1.56 bits per heavy atom. The van der Waals surface area contributed by atoms with E-state index in [-0.39, 0.29) is 0 Å². The van der Waals surface area contributed by atoms with Crippen molar-refractivity contribution in [1.29, 1.82) is 5.26 Å². The summed E-state index contributed by atoms with van der Waals surface area (Å²) >= 11 is 0. The quantitative estimate of drug-likeness (QED) is 0.421. The van der Waals surface area contributed by atoms with Gasteiger partial charge in [-0.05, 0) is 18.8 Å². The molecule has 1 saturated carbocycles. The van der Waals surface area contributed by atoms with Gasteiger partial charge in [0, 0.05) is 6.04 Å². The second kappa shape index (κ2) is 2.72. The molecule has 2 heteroatoms. The molecule has 0 spiro atoms. The first kappa shape index (κ1) is 6.41. The third-order valence-corrected chi connectivity index (χ3v) is 2.11. The van der Waals surface area contributed by atoms with Gasteiger partial charge in [0.15, 0.2) is 6.19 Å². The fraction of sp³-hybridized carbons (Fsp3) is 0.857. The molecule has 0 aromatic rings. The lowest BCUT2D eigenvalue weighted by atomic mass is 10.1. The first-order valence-electron chi connectivity index (χ1n) is 3.49. The van der Waals surface area contributed by atoms with Crippen molar-refractivity contribution in [3.63, 3.8) is 0 Å². The molecule has 0 amide bonds. The molecule has 1 fully saturated rings. The SMILES string of the molecule is CC1CCCC1NC#N. The molecule has 0 radical (unpaired) electrons. The maximum atomic E-state index is 8.28. The molecule has 2 nitrogen and oxygen atoms in total. The van der Waals surface area contributed by atoms with E-state index < -0.39 is 0 Å². The van der Waals surface area contributed by atoms with Crippen LogP contribution in [0.1, 0.15) is 26.2 Å². The van der Waals surface area contributed by atoms with Crippen molar-refractivity contribution in [2.45, 2.75) is 32.2 Å². The molecule has 2 atom stereocenters. The molecule has 2 unspecified atom stereocenters. The fourth-order valence-electron chi connectivity index (χ4n) is 1.44. The first-order chi connectivity index (χ1) is 4.34. The van der Waals surface area contributed by atoms with Gasteiger partial charge in [0.05, 0.1) is 0 Å². The van der Waals surface area contributed by atoms with Crippen molar-refractivity contribution in [2.24, 2.45) is 5.92 Å². The van der Waals surface area contributed by atoms with Crippen molar-refractivity contribution >= 4 is 0 Å². The minimum absolute atomic E-state index is 0.468. The molecule has 1 aliphatic carbocycles. The molecular formula is C7H12N2. The highest BCUT2D eigenvalue weighted by Crippen LogP contribution is 2.24. The van der Waals surface area contributed by atoms with Crippen LogP contribution in [0.25, 0.3) is 0 Å². The van der Waals surface area contributed by atoms with Crippen LogP contribution in [-0.2, 0) is 0 Å². The van der Waals surface area contributed by atoms with Gasteiger partial charge < -0.3 is 5.32 Å². The zero-order chi connectivity index (χ0) is 6.69. The summed E-state index contributed by atoms with van der Waals surface area (Å²) in [4.78, 5) is 0. The van der Waals surface area contributed by atoms with Gasteiger partial charge in [-0.1, -0.05) is 13.3 Å². The van der Waals surface area contributed by atoms with Gasteiger partial charge in [0.25, 0.3) is 0 Å². The maximum Gasteiger partial charge on any atom is 0.176 e. The molecule has 0 aromatic carbocycles. The summed E-state index contributed by atoms with van der Waals surface area (Å²) < 4.78 is 0. The Morgan fingerprint density at radius 3 is 2.78 bits per heavy atom. The Kier molecular flexibility index (Phi) is 1.94. The summed E-state index contributed by atoms with van der Waals surface area (Å²) in [6.07, 6.45) is 5.72. The molecule has 9 heavy (non-hydrogen) atoms. The van der Waals surface area contributed by atoms with E-state index in [0.717, 1.165) is 0 Å². The van der Waals surface area contributed by atoms with Crippen LogP contribution < -0.4 is 5.32 Å². The number of hydrogen-bond acceptors (Lipinski definition) is 2. The van der Waals surface area contributed by atoms with Crippen molar-refractivity contribution in [2.75, 3.05) is 0 Å². The summed E-state index contributed by atoms with van der Waals surface area (Å²) in [6.45, 7) is 2.20. The van der Waals surface area contributed by atoms with Crippen molar-refractivity contribution in [3.05, 3.63) is 0 Å². The number of nitriles is 1. The average molecular weight is 124 g/mol. The lowest BCUT2D eigenvalue weighted by molar-refractivity contribution is 0.479. The third kappa shape index (κ3) is 1.35. The molecule has 1 aliphatic rings. The summed E-state index contributed by atoms with van der Waals surface area (Å²) in [5, 5.41) is 11.1. The number of rotatable bonds is 1. The van der Waals surface area contributed by atoms with Gasteiger partial charge in [-0.2, -0.15) is 5.26 Å². The lowest BCUT2D eigenvalue weighted by Crippen LogP contribution is -2.26. The van der Waals surface area contributed by atoms with Crippen LogP contribution in [0.5, 0.6) is 0 Å². The van der Waals surface area contributed by atoms with Gasteiger partial charge in [0.2, 0.25) is 0 Å². The highest BCUT2D eigenvalue weighted by atomic mass is 14.9. The molecule has 0 heterocycles. The monoisotopic (exact) mass is 124 g/mol. The highest BCUT2D eigenvalue weighted by molar-refractivity contribution is 4.84. The minimum Gasteiger partial charge on any atom is -0.321 e. The van der Waals surface area contributed by atoms with E-state index in [9.17, 15) is 0 Å². The predicted molar refractivity (Wildman–Crippen MR) is 35.6 cm³/mol. The number of nitrogens with one attached hydrogen (secondary N) is 1. The molecule has 1 N–H and O–H groups in total. The number of nitrogens with zero attached hydrogens (tertiary/aromatic N) is 1. The van der Waals surface area contributed by atoms with E-state index in [1.807, 2.05) is 6.19 Å². The van der Waals surface area contributed by atoms with Crippen LogP contribution in [-0.4, -0.2) is 6.04 Å². The van der Waals surface area contributed by atoms with Gasteiger partial charge in [0.1, 0.15) is 0 Å². The third-order valence-electron chi connectivity index (χ3n) is 2.11. The lowest BCUT2D eigenvalue weighted by Gasteiger charge is -2.11. The van der Waals surface area contributed by atoms with Crippen LogP contribution in [0.4, 0.5) is 0 Å². The van der Waals surface area contributed by atoms with Crippen LogP contribution in [0, 0.1) is 17.4 Å². The maximum absolute atomic E-state index is 8.28. The normalized spacial score (nSPS) is 33.8. The van der Waals surface area contributed by atoms with Crippen LogP contribution in [0.15, 0.2) is 0 Å². The van der Waals surface area contributed by atoms with Crippen molar-refractivity contribution in [1.82, 2.24) is 5.32 Å². The Labute approximate surface area is 55.9 Å². The van der Waals surface area contributed by atoms with Crippen molar-refractivity contribution < 1.29 is 0 Å². The molecule has 1 rings (SSSR count). The largest absolute Gasteiger partial charge is 0.321 e. The summed E-state index contributed by atoms with van der Waals surface area (Å²) in [6, 6.07) is 0.468. The standard InChI is InChI=1S/C7H12N2/c1-6-3-2-4-7(6)9-5-8/h6-7,9H,2-4H2,1H3. The molecule has 0 aliphatic heterocycles. The van der Waals surface area contributed by atoms with Gasteiger partial charge in [-0.25, -0.2) is 0 Å². The first-order valence-corrected chi connectivity index (χ1v) is 3.49. The van der Waals surface area contributed by atoms with E-state index in [1.54, 1.807) is 0 Å². The van der Waals surface area contributed by atoms with Crippen LogP contribution >= 0.6 is 0 Å². The zero-order valence-corrected chi connectivity index (χ0v) is 5.72. The van der Waals surface area contributed by atoms with Gasteiger partial charge in [-0.15, -0.1) is 0 Å². The Hall–Kier alpha value is -0.710. The summed E-state index contributed by atoms with van der Waals surface area (Å²) in [5.41, 5.74) is 0. The van der Waals surface area contributed by atoms with Crippen LogP contribution in [0.3, 0.4) is 0 Å². The van der Waals surface area contributed by atoms with Crippen molar-refractivity contribution in [3.8, 4) is 6.19 Å². The molecule has 0 saturated heterocycles. The second-order valence-electron chi connectivity index (χ2n) is 2.77. The average Bonchev–Trinajstić information content (AvgIpc) is 2.18. The Bertz CT molecular complexity index is 125. The Morgan fingerprint density at radius 2 is 2.33 bits per heavy atom. The van der Waals surface area contributed by atoms with E-state index in [0.29, 0.717) is 12.0 Å². The Balaban J connectivity index is 2.33. The molecule has 0 aromatic heterocycles. The smallest absolute Gasteiger partial charge is 0.176 e. The highest BCUT2D eigenvalue weighted by Gasteiger charge is 2.21. The van der Waals surface area contributed by atoms with Gasteiger partial charge >= 0.3 is 0 Å². The number of hydrogen-bond donors (Lipinski definition) is 1. The van der Waals surface area contributed by atoms with E-state index in [4.69, 9.17) is 5.26 Å². The summed E-state index contributed by atoms with van der Waals surface area (Å²) in [7, 11) is 0. The van der Waals surface area contributed by atoms with E-state index in [1.165, 1.54) is 19.3 Å². The zero-order valence-electron chi connectivity index (χ0n) is 5.72. The van der Waals surface area contributed by atoms with Crippen LogP contribution in [0.2, 0.25) is 0 Å². The molecular weight excluding hydrogens is 112 g/mol.